The number of carbonyl (C=O) groups is 1. The van der Waals surface area contributed by atoms with Gasteiger partial charge in [0.2, 0.25) is 0 Å². The van der Waals surface area contributed by atoms with Gasteiger partial charge in [-0.3, -0.25) is 4.98 Å². The normalized spacial score (nSPS) is 20.7. The summed E-state index contributed by atoms with van der Waals surface area (Å²) < 4.78 is 5.26. The third kappa shape index (κ3) is 2.09. The van der Waals surface area contributed by atoms with Gasteiger partial charge in [0, 0.05) is 18.9 Å². The Hall–Kier alpha value is -1.42. The summed E-state index contributed by atoms with van der Waals surface area (Å²) in [6.07, 6.45) is 4.06. The van der Waals surface area contributed by atoms with Crippen LogP contribution in [0.3, 0.4) is 0 Å². The number of aromatic nitrogens is 1. The van der Waals surface area contributed by atoms with Crippen molar-refractivity contribution < 1.29 is 9.53 Å². The van der Waals surface area contributed by atoms with Gasteiger partial charge in [0.05, 0.1) is 5.56 Å². The average molecular weight is 192 g/mol. The second kappa shape index (κ2) is 4.19. The Morgan fingerprint density at radius 2 is 2.57 bits per heavy atom. The third-order valence-corrected chi connectivity index (χ3v) is 2.19. The lowest BCUT2D eigenvalue weighted by atomic mass is 10.3. The molecule has 0 spiro atoms. The molecule has 0 aliphatic carbocycles. The topological polar surface area (TPSA) is 51.2 Å². The van der Waals surface area contributed by atoms with E-state index in [4.69, 9.17) is 4.74 Å². The zero-order valence-corrected chi connectivity index (χ0v) is 7.77. The number of rotatable bonds is 2. The Morgan fingerprint density at radius 1 is 1.64 bits per heavy atom. The van der Waals surface area contributed by atoms with Gasteiger partial charge >= 0.3 is 5.97 Å². The highest BCUT2D eigenvalue weighted by molar-refractivity contribution is 5.89. The van der Waals surface area contributed by atoms with E-state index in [0.29, 0.717) is 5.56 Å². The van der Waals surface area contributed by atoms with Gasteiger partial charge in [-0.25, -0.2) is 4.79 Å². The van der Waals surface area contributed by atoms with Crippen molar-refractivity contribution in [2.45, 2.75) is 12.5 Å². The molecule has 2 heterocycles. The van der Waals surface area contributed by atoms with Crippen molar-refractivity contribution in [1.82, 2.24) is 10.3 Å². The molecule has 74 valence electrons. The predicted molar refractivity (Wildman–Crippen MR) is 50.9 cm³/mol. The van der Waals surface area contributed by atoms with Crippen molar-refractivity contribution >= 4 is 5.97 Å². The summed E-state index contributed by atoms with van der Waals surface area (Å²) in [5, 5.41) is 3.14. The maximum Gasteiger partial charge on any atom is 0.340 e. The molecule has 0 saturated carbocycles. The van der Waals surface area contributed by atoms with Crippen molar-refractivity contribution in [3.8, 4) is 0 Å². The lowest BCUT2D eigenvalue weighted by Gasteiger charge is -2.09. The summed E-state index contributed by atoms with van der Waals surface area (Å²) >= 11 is 0. The van der Waals surface area contributed by atoms with E-state index in [2.05, 4.69) is 10.3 Å². The quantitative estimate of drug-likeness (QED) is 0.697. The molecule has 0 bridgehead atoms. The molecule has 2 rings (SSSR count). The van der Waals surface area contributed by atoms with Gasteiger partial charge in [0.1, 0.15) is 6.10 Å². The van der Waals surface area contributed by atoms with Gasteiger partial charge < -0.3 is 10.1 Å². The molecule has 0 aromatic carbocycles. The van der Waals surface area contributed by atoms with Crippen molar-refractivity contribution in [2.24, 2.45) is 0 Å². The zero-order valence-electron chi connectivity index (χ0n) is 7.77. The van der Waals surface area contributed by atoms with E-state index < -0.39 is 0 Å². The Bertz CT molecular complexity index is 307. The van der Waals surface area contributed by atoms with Gasteiger partial charge in [0.15, 0.2) is 0 Å². The highest BCUT2D eigenvalue weighted by atomic mass is 16.5. The molecule has 1 unspecified atom stereocenters. The van der Waals surface area contributed by atoms with Gasteiger partial charge in [-0.2, -0.15) is 0 Å². The molecule has 1 atom stereocenters. The van der Waals surface area contributed by atoms with E-state index in [1.165, 1.54) is 6.20 Å². The summed E-state index contributed by atoms with van der Waals surface area (Å²) in [4.78, 5) is 15.4. The first-order valence-electron chi connectivity index (χ1n) is 4.68. The Kier molecular flexibility index (Phi) is 2.74. The fourth-order valence-corrected chi connectivity index (χ4v) is 1.43. The molecule has 4 heteroatoms. The summed E-state index contributed by atoms with van der Waals surface area (Å²) in [6.45, 7) is 1.68. The standard InChI is InChI=1S/C10H12N2O2/c13-10(8-2-1-4-11-6-8)14-9-3-5-12-7-9/h1-2,4,6,9,12H,3,5,7H2. The number of hydrogen-bond donors (Lipinski definition) is 1. The highest BCUT2D eigenvalue weighted by Gasteiger charge is 2.19. The Morgan fingerprint density at radius 3 is 3.21 bits per heavy atom. The lowest BCUT2D eigenvalue weighted by Crippen LogP contribution is -2.20. The van der Waals surface area contributed by atoms with Crippen molar-refractivity contribution in [3.05, 3.63) is 30.1 Å². The first-order valence-corrected chi connectivity index (χ1v) is 4.68. The summed E-state index contributed by atoms with van der Waals surface area (Å²) in [5.41, 5.74) is 0.513. The minimum absolute atomic E-state index is 0.0164. The van der Waals surface area contributed by atoms with E-state index in [0.717, 1.165) is 19.5 Å². The number of carbonyl (C=O) groups excluding carboxylic acids is 1. The average Bonchev–Trinajstić information content (AvgIpc) is 2.72. The van der Waals surface area contributed by atoms with Crippen molar-refractivity contribution in [2.75, 3.05) is 13.1 Å². The molecule has 1 fully saturated rings. The molecule has 0 radical (unpaired) electrons. The second-order valence-electron chi connectivity index (χ2n) is 3.26. The van der Waals surface area contributed by atoms with Gasteiger partial charge in [-0.15, -0.1) is 0 Å². The van der Waals surface area contributed by atoms with Crippen LogP contribution in [0.2, 0.25) is 0 Å². The fraction of sp³-hybridized carbons (Fsp3) is 0.400. The molecule has 1 saturated heterocycles. The van der Waals surface area contributed by atoms with Crippen LogP contribution in [0.1, 0.15) is 16.8 Å². The fourth-order valence-electron chi connectivity index (χ4n) is 1.43. The molecule has 0 amide bonds. The minimum atomic E-state index is -0.285. The SMILES string of the molecule is O=C(OC1CCNC1)c1cccnc1. The molecule has 1 aromatic rings. The zero-order chi connectivity index (χ0) is 9.80. The van der Waals surface area contributed by atoms with E-state index in [1.807, 2.05) is 0 Å². The summed E-state index contributed by atoms with van der Waals surface area (Å²) in [7, 11) is 0. The largest absolute Gasteiger partial charge is 0.457 e. The number of pyridine rings is 1. The Balaban J connectivity index is 1.95. The smallest absolute Gasteiger partial charge is 0.340 e. The maximum absolute atomic E-state index is 11.5. The van der Waals surface area contributed by atoms with Gasteiger partial charge in [-0.05, 0) is 25.1 Å². The van der Waals surface area contributed by atoms with Crippen molar-refractivity contribution in [3.63, 3.8) is 0 Å². The predicted octanol–water partition coefficient (Wildman–Crippen LogP) is 0.600. The van der Waals surface area contributed by atoms with E-state index >= 15 is 0 Å². The first-order chi connectivity index (χ1) is 6.86. The summed E-state index contributed by atoms with van der Waals surface area (Å²) in [5.74, 6) is -0.285. The van der Waals surface area contributed by atoms with Gasteiger partial charge in [-0.1, -0.05) is 0 Å². The van der Waals surface area contributed by atoms with Crippen LogP contribution in [0.5, 0.6) is 0 Å². The first kappa shape index (κ1) is 9.15. The molecule has 1 aliphatic rings. The van der Waals surface area contributed by atoms with Crippen LogP contribution in [-0.2, 0) is 4.74 Å². The third-order valence-electron chi connectivity index (χ3n) is 2.19. The van der Waals surface area contributed by atoms with E-state index in [-0.39, 0.29) is 12.1 Å². The maximum atomic E-state index is 11.5. The number of ether oxygens (including phenoxy) is 1. The van der Waals surface area contributed by atoms with Crippen LogP contribution >= 0.6 is 0 Å². The molecule has 1 aromatic heterocycles. The monoisotopic (exact) mass is 192 g/mol. The van der Waals surface area contributed by atoms with Crippen LogP contribution in [0.15, 0.2) is 24.5 Å². The molecule has 1 aliphatic heterocycles. The molecular weight excluding hydrogens is 180 g/mol. The van der Waals surface area contributed by atoms with E-state index in [9.17, 15) is 4.79 Å². The van der Waals surface area contributed by atoms with Crippen LogP contribution in [0, 0.1) is 0 Å². The number of hydrogen-bond acceptors (Lipinski definition) is 4. The molecule has 4 nitrogen and oxygen atoms in total. The minimum Gasteiger partial charge on any atom is -0.457 e. The van der Waals surface area contributed by atoms with Crippen molar-refractivity contribution in [1.29, 1.82) is 0 Å². The Labute approximate surface area is 82.3 Å². The summed E-state index contributed by atoms with van der Waals surface area (Å²) in [6, 6.07) is 3.43. The van der Waals surface area contributed by atoms with Crippen LogP contribution in [-0.4, -0.2) is 30.1 Å². The number of nitrogens with one attached hydrogen (secondary N) is 1. The lowest BCUT2D eigenvalue weighted by molar-refractivity contribution is 0.0344. The highest BCUT2D eigenvalue weighted by Crippen LogP contribution is 2.07. The molecule has 14 heavy (non-hydrogen) atoms. The van der Waals surface area contributed by atoms with Crippen LogP contribution < -0.4 is 5.32 Å². The number of nitrogens with zero attached hydrogens (tertiary/aromatic N) is 1. The van der Waals surface area contributed by atoms with Crippen LogP contribution in [0.4, 0.5) is 0 Å². The van der Waals surface area contributed by atoms with Crippen LogP contribution in [0.25, 0.3) is 0 Å². The van der Waals surface area contributed by atoms with Gasteiger partial charge in [0.25, 0.3) is 0 Å². The number of esters is 1. The molecular formula is C10H12N2O2. The molecule has 1 N–H and O–H groups in total. The van der Waals surface area contributed by atoms with E-state index in [1.54, 1.807) is 18.3 Å². The second-order valence-corrected chi connectivity index (χ2v) is 3.26.